The Hall–Kier alpha value is -0.490. The predicted molar refractivity (Wildman–Crippen MR) is 46.3 cm³/mol. The molecule has 0 nitrogen and oxygen atoms in total. The second-order valence-corrected chi connectivity index (χ2v) is 3.03. The lowest BCUT2D eigenvalue weighted by Crippen LogP contribution is -1.94. The van der Waals surface area contributed by atoms with Gasteiger partial charge in [0.05, 0.1) is 5.38 Å². The van der Waals surface area contributed by atoms with Crippen molar-refractivity contribution in [3.63, 3.8) is 0 Å². The van der Waals surface area contributed by atoms with E-state index in [1.165, 1.54) is 5.57 Å². The summed E-state index contributed by atoms with van der Waals surface area (Å²) in [5, 5.41) is 0.160. The summed E-state index contributed by atoms with van der Waals surface area (Å²) < 4.78 is 0. The van der Waals surface area contributed by atoms with Crippen molar-refractivity contribution in [2.24, 2.45) is 0 Å². The van der Waals surface area contributed by atoms with Crippen LogP contribution in [0, 0.1) is 0 Å². The number of hydrogen-bond donors (Lipinski definition) is 0. The lowest BCUT2D eigenvalue weighted by Gasteiger charge is -2.03. The minimum Gasteiger partial charge on any atom is -0.118 e. The molecular formula is C9H11Cl. The third kappa shape index (κ3) is 2.03. The van der Waals surface area contributed by atoms with Gasteiger partial charge in [-0.2, -0.15) is 0 Å². The average Bonchev–Trinajstić information content (AvgIpc) is 2.12. The number of allylic oxidation sites excluding steroid dienone is 6. The van der Waals surface area contributed by atoms with E-state index in [1.807, 2.05) is 25.2 Å². The van der Waals surface area contributed by atoms with Gasteiger partial charge >= 0.3 is 0 Å². The summed E-state index contributed by atoms with van der Waals surface area (Å²) in [7, 11) is 0. The standard InChI is InChI=1S/C9H11Cl/c1-8(10)9-6-4-2-3-5-7-9/h2-6,8H,7H2,1H3. The van der Waals surface area contributed by atoms with Gasteiger partial charge in [-0.25, -0.2) is 0 Å². The Morgan fingerprint density at radius 3 is 2.90 bits per heavy atom. The van der Waals surface area contributed by atoms with Crippen molar-refractivity contribution in [3.05, 3.63) is 36.0 Å². The van der Waals surface area contributed by atoms with E-state index < -0.39 is 0 Å². The molecule has 0 radical (unpaired) electrons. The first-order valence-corrected chi connectivity index (χ1v) is 3.90. The number of halogens is 1. The minimum atomic E-state index is 0.160. The number of rotatable bonds is 1. The van der Waals surface area contributed by atoms with E-state index in [0.29, 0.717) is 0 Å². The van der Waals surface area contributed by atoms with Gasteiger partial charge < -0.3 is 0 Å². The molecule has 0 aromatic heterocycles. The van der Waals surface area contributed by atoms with Crippen LogP contribution in [-0.2, 0) is 0 Å². The van der Waals surface area contributed by atoms with Gasteiger partial charge in [0, 0.05) is 0 Å². The molecule has 0 saturated carbocycles. The zero-order valence-electron chi connectivity index (χ0n) is 6.05. The smallest absolute Gasteiger partial charge is 0.0523 e. The molecule has 54 valence electrons. The molecule has 0 spiro atoms. The molecule has 0 amide bonds. The largest absolute Gasteiger partial charge is 0.118 e. The fourth-order valence-corrected chi connectivity index (χ4v) is 1.05. The van der Waals surface area contributed by atoms with Crippen LogP contribution in [-0.4, -0.2) is 5.38 Å². The van der Waals surface area contributed by atoms with Crippen molar-refractivity contribution >= 4 is 11.6 Å². The summed E-state index contributed by atoms with van der Waals surface area (Å²) in [4.78, 5) is 0. The SMILES string of the molecule is CC(Cl)C1=CC=CC=CC1. The van der Waals surface area contributed by atoms with Crippen LogP contribution < -0.4 is 0 Å². The van der Waals surface area contributed by atoms with Crippen LogP contribution in [0.5, 0.6) is 0 Å². The normalized spacial score (nSPS) is 20.0. The Morgan fingerprint density at radius 1 is 1.40 bits per heavy atom. The van der Waals surface area contributed by atoms with Crippen LogP contribution in [0.4, 0.5) is 0 Å². The lowest BCUT2D eigenvalue weighted by atomic mass is 10.1. The quantitative estimate of drug-likeness (QED) is 0.510. The van der Waals surface area contributed by atoms with Crippen LogP contribution in [0.15, 0.2) is 36.0 Å². The Bertz CT molecular complexity index is 185. The molecule has 0 fully saturated rings. The summed E-state index contributed by atoms with van der Waals surface area (Å²) >= 11 is 5.89. The molecule has 1 unspecified atom stereocenters. The van der Waals surface area contributed by atoms with Crippen molar-refractivity contribution < 1.29 is 0 Å². The van der Waals surface area contributed by atoms with Crippen molar-refractivity contribution in [1.29, 1.82) is 0 Å². The summed E-state index contributed by atoms with van der Waals surface area (Å²) in [5.41, 5.74) is 1.28. The molecule has 10 heavy (non-hydrogen) atoms. The van der Waals surface area contributed by atoms with Gasteiger partial charge in [-0.05, 0) is 18.9 Å². The minimum absolute atomic E-state index is 0.160. The molecule has 1 aliphatic carbocycles. The second-order valence-electron chi connectivity index (χ2n) is 2.37. The molecule has 1 rings (SSSR count). The maximum absolute atomic E-state index is 5.89. The zero-order valence-corrected chi connectivity index (χ0v) is 6.81. The van der Waals surface area contributed by atoms with E-state index in [9.17, 15) is 0 Å². The number of hydrogen-bond acceptors (Lipinski definition) is 0. The van der Waals surface area contributed by atoms with Crippen LogP contribution >= 0.6 is 11.6 Å². The fourth-order valence-electron chi connectivity index (χ4n) is 0.889. The van der Waals surface area contributed by atoms with Crippen LogP contribution in [0.25, 0.3) is 0 Å². The highest BCUT2D eigenvalue weighted by Crippen LogP contribution is 2.15. The molecular weight excluding hydrogens is 144 g/mol. The molecule has 1 aliphatic rings. The van der Waals surface area contributed by atoms with E-state index in [0.717, 1.165) is 6.42 Å². The van der Waals surface area contributed by atoms with Crippen LogP contribution in [0.2, 0.25) is 0 Å². The van der Waals surface area contributed by atoms with Crippen molar-refractivity contribution in [2.45, 2.75) is 18.7 Å². The van der Waals surface area contributed by atoms with Crippen molar-refractivity contribution in [3.8, 4) is 0 Å². The van der Waals surface area contributed by atoms with E-state index in [2.05, 4.69) is 12.2 Å². The molecule has 0 aliphatic heterocycles. The highest BCUT2D eigenvalue weighted by Gasteiger charge is 2.01. The van der Waals surface area contributed by atoms with Gasteiger partial charge in [-0.1, -0.05) is 30.4 Å². The van der Waals surface area contributed by atoms with E-state index >= 15 is 0 Å². The van der Waals surface area contributed by atoms with E-state index in [4.69, 9.17) is 11.6 Å². The molecule has 1 heteroatoms. The van der Waals surface area contributed by atoms with Gasteiger partial charge in [0.1, 0.15) is 0 Å². The summed E-state index contributed by atoms with van der Waals surface area (Å²) in [6.07, 6.45) is 11.3. The van der Waals surface area contributed by atoms with Gasteiger partial charge in [-0.15, -0.1) is 11.6 Å². The van der Waals surface area contributed by atoms with Gasteiger partial charge in [0.25, 0.3) is 0 Å². The van der Waals surface area contributed by atoms with E-state index in [1.54, 1.807) is 0 Å². The molecule has 0 saturated heterocycles. The predicted octanol–water partition coefficient (Wildman–Crippen LogP) is 3.06. The molecule has 0 heterocycles. The molecule has 0 bridgehead atoms. The topological polar surface area (TPSA) is 0 Å². The van der Waals surface area contributed by atoms with E-state index in [-0.39, 0.29) is 5.38 Å². The first kappa shape index (κ1) is 7.62. The fraction of sp³-hybridized carbons (Fsp3) is 0.333. The summed E-state index contributed by atoms with van der Waals surface area (Å²) in [6, 6.07) is 0. The Balaban J connectivity index is 2.68. The second kappa shape index (κ2) is 3.62. The molecule has 0 aromatic carbocycles. The Morgan fingerprint density at radius 2 is 2.20 bits per heavy atom. The molecule has 0 aromatic rings. The van der Waals surface area contributed by atoms with Gasteiger partial charge in [0.15, 0.2) is 0 Å². The summed E-state index contributed by atoms with van der Waals surface area (Å²) in [5.74, 6) is 0. The maximum Gasteiger partial charge on any atom is 0.0523 e. The third-order valence-electron chi connectivity index (χ3n) is 1.53. The highest BCUT2D eigenvalue weighted by molar-refractivity contribution is 6.22. The Kier molecular flexibility index (Phi) is 2.76. The third-order valence-corrected chi connectivity index (χ3v) is 1.81. The lowest BCUT2D eigenvalue weighted by molar-refractivity contribution is 1.04. The van der Waals surface area contributed by atoms with Crippen LogP contribution in [0.1, 0.15) is 13.3 Å². The first-order chi connectivity index (χ1) is 4.80. The highest BCUT2D eigenvalue weighted by atomic mass is 35.5. The summed E-state index contributed by atoms with van der Waals surface area (Å²) in [6.45, 7) is 2.00. The Labute approximate surface area is 66.9 Å². The molecule has 0 N–H and O–H groups in total. The van der Waals surface area contributed by atoms with Gasteiger partial charge in [-0.3, -0.25) is 0 Å². The first-order valence-electron chi connectivity index (χ1n) is 3.47. The van der Waals surface area contributed by atoms with Crippen molar-refractivity contribution in [2.75, 3.05) is 0 Å². The average molecular weight is 155 g/mol. The zero-order chi connectivity index (χ0) is 7.40. The van der Waals surface area contributed by atoms with Crippen molar-refractivity contribution in [1.82, 2.24) is 0 Å². The molecule has 1 atom stereocenters. The van der Waals surface area contributed by atoms with Crippen LogP contribution in [0.3, 0.4) is 0 Å². The number of alkyl halides is 1. The van der Waals surface area contributed by atoms with Gasteiger partial charge in [0.2, 0.25) is 0 Å². The monoisotopic (exact) mass is 154 g/mol. The maximum atomic E-state index is 5.89.